The number of hydrogen-bond donors (Lipinski definition) is 1. The highest BCUT2D eigenvalue weighted by atomic mass is 16.2. The normalized spacial score (nSPS) is 30.5. The van der Waals surface area contributed by atoms with Gasteiger partial charge in [0.25, 0.3) is 0 Å². The molecule has 0 spiro atoms. The van der Waals surface area contributed by atoms with E-state index in [0.29, 0.717) is 19.0 Å². The molecule has 0 radical (unpaired) electrons. The van der Waals surface area contributed by atoms with Gasteiger partial charge in [-0.05, 0) is 19.4 Å². The van der Waals surface area contributed by atoms with Crippen LogP contribution in [0.1, 0.15) is 6.42 Å². The largest absolute Gasteiger partial charge is 0.335 e. The molecular formula is C9H14N2O2. The summed E-state index contributed by atoms with van der Waals surface area (Å²) in [6.07, 6.45) is 1.05. The number of fused-ring (bicyclic) bond motifs is 1. The summed E-state index contributed by atoms with van der Waals surface area (Å²) in [7, 11) is 1.74. The van der Waals surface area contributed by atoms with Crippen LogP contribution < -0.4 is 5.32 Å². The second-order valence-corrected chi connectivity index (χ2v) is 3.89. The number of amides is 1. The molecule has 0 aromatic rings. The predicted octanol–water partition coefficient (Wildman–Crippen LogP) is -0.747. The van der Waals surface area contributed by atoms with E-state index in [4.69, 9.17) is 0 Å². The fraction of sp³-hybridized carbons (Fsp3) is 0.778. The maximum atomic E-state index is 11.4. The van der Waals surface area contributed by atoms with Gasteiger partial charge in [0.05, 0.1) is 13.1 Å². The quantitative estimate of drug-likeness (QED) is 0.622. The predicted molar refractivity (Wildman–Crippen MR) is 47.1 cm³/mol. The molecule has 13 heavy (non-hydrogen) atoms. The van der Waals surface area contributed by atoms with Crippen LogP contribution in [0.5, 0.6) is 0 Å². The standard InChI is InChI=1S/C9H14N2O2/c1-10-3-7(12)5-11-4-6-2-8(6)9(11)13/h6,8,10H,2-5H2,1H3. The number of carbonyl (C=O) groups is 2. The number of rotatable bonds is 4. The fourth-order valence-electron chi connectivity index (χ4n) is 1.97. The highest BCUT2D eigenvalue weighted by Gasteiger charge is 2.52. The maximum absolute atomic E-state index is 11.4. The molecule has 1 saturated heterocycles. The monoisotopic (exact) mass is 182 g/mol. The van der Waals surface area contributed by atoms with Crippen LogP contribution in [0.25, 0.3) is 0 Å². The van der Waals surface area contributed by atoms with Gasteiger partial charge < -0.3 is 10.2 Å². The van der Waals surface area contributed by atoms with E-state index in [-0.39, 0.29) is 17.6 Å². The molecule has 4 nitrogen and oxygen atoms in total. The number of nitrogens with zero attached hydrogens (tertiary/aromatic N) is 1. The third kappa shape index (κ3) is 1.58. The lowest BCUT2D eigenvalue weighted by Crippen LogP contribution is -2.36. The fourth-order valence-corrected chi connectivity index (χ4v) is 1.97. The molecule has 72 valence electrons. The van der Waals surface area contributed by atoms with Crippen LogP contribution in [-0.2, 0) is 9.59 Å². The summed E-state index contributed by atoms with van der Waals surface area (Å²) in [4.78, 5) is 24.3. The number of likely N-dealkylation sites (tertiary alicyclic amines) is 1. The molecule has 1 heterocycles. The van der Waals surface area contributed by atoms with E-state index >= 15 is 0 Å². The zero-order valence-corrected chi connectivity index (χ0v) is 7.75. The molecule has 1 N–H and O–H groups in total. The van der Waals surface area contributed by atoms with Gasteiger partial charge in [-0.1, -0.05) is 0 Å². The number of ketones is 1. The smallest absolute Gasteiger partial charge is 0.226 e. The third-order valence-corrected chi connectivity index (χ3v) is 2.75. The van der Waals surface area contributed by atoms with Gasteiger partial charge in [0.2, 0.25) is 5.91 Å². The molecule has 2 atom stereocenters. The van der Waals surface area contributed by atoms with Gasteiger partial charge in [0.1, 0.15) is 0 Å². The minimum absolute atomic E-state index is 0.0946. The number of nitrogens with one attached hydrogen (secondary N) is 1. The van der Waals surface area contributed by atoms with Gasteiger partial charge in [0.15, 0.2) is 5.78 Å². The van der Waals surface area contributed by atoms with Crippen LogP contribution in [0, 0.1) is 11.8 Å². The number of Topliss-reactive ketones (excluding diaryl/α,β-unsaturated/α-hetero) is 1. The highest BCUT2D eigenvalue weighted by Crippen LogP contribution is 2.45. The number of hydrogen-bond acceptors (Lipinski definition) is 3. The van der Waals surface area contributed by atoms with Crippen molar-refractivity contribution in [1.29, 1.82) is 0 Å². The van der Waals surface area contributed by atoms with E-state index in [9.17, 15) is 9.59 Å². The van der Waals surface area contributed by atoms with E-state index in [2.05, 4.69) is 5.32 Å². The second-order valence-electron chi connectivity index (χ2n) is 3.89. The Morgan fingerprint density at radius 1 is 1.69 bits per heavy atom. The first-order valence-electron chi connectivity index (χ1n) is 4.67. The molecule has 2 unspecified atom stereocenters. The van der Waals surface area contributed by atoms with Gasteiger partial charge in [-0.15, -0.1) is 0 Å². The van der Waals surface area contributed by atoms with E-state index in [0.717, 1.165) is 13.0 Å². The molecule has 1 saturated carbocycles. The van der Waals surface area contributed by atoms with E-state index in [1.807, 2.05) is 0 Å². The average Bonchev–Trinajstić information content (AvgIpc) is 2.76. The van der Waals surface area contributed by atoms with Crippen LogP contribution in [-0.4, -0.2) is 43.3 Å². The number of piperidine rings is 1. The first-order valence-corrected chi connectivity index (χ1v) is 4.67. The zero-order valence-electron chi connectivity index (χ0n) is 7.75. The molecule has 0 aromatic heterocycles. The highest BCUT2D eigenvalue weighted by molar-refractivity contribution is 5.90. The Morgan fingerprint density at radius 2 is 2.46 bits per heavy atom. The van der Waals surface area contributed by atoms with Crippen molar-refractivity contribution in [2.75, 3.05) is 26.7 Å². The van der Waals surface area contributed by atoms with Crippen LogP contribution in [0.3, 0.4) is 0 Å². The van der Waals surface area contributed by atoms with Crippen LogP contribution in [0.15, 0.2) is 0 Å². The molecule has 2 aliphatic rings. The number of carbonyl (C=O) groups excluding carboxylic acids is 2. The lowest BCUT2D eigenvalue weighted by atomic mass is 10.3. The van der Waals surface area contributed by atoms with Crippen molar-refractivity contribution in [2.24, 2.45) is 11.8 Å². The Balaban J connectivity index is 1.82. The van der Waals surface area contributed by atoms with Crippen molar-refractivity contribution >= 4 is 11.7 Å². The van der Waals surface area contributed by atoms with Crippen LogP contribution in [0.2, 0.25) is 0 Å². The Labute approximate surface area is 77.3 Å². The second kappa shape index (κ2) is 3.10. The van der Waals surface area contributed by atoms with Gasteiger partial charge in [-0.3, -0.25) is 9.59 Å². The maximum Gasteiger partial charge on any atom is 0.226 e. The molecule has 0 aromatic carbocycles. The Kier molecular flexibility index (Phi) is 2.07. The lowest BCUT2D eigenvalue weighted by Gasteiger charge is -2.16. The summed E-state index contributed by atoms with van der Waals surface area (Å²) in [5, 5.41) is 2.79. The molecule has 2 fully saturated rings. The summed E-state index contributed by atoms with van der Waals surface area (Å²) in [5.41, 5.74) is 0. The zero-order chi connectivity index (χ0) is 9.42. The van der Waals surface area contributed by atoms with E-state index in [1.54, 1.807) is 11.9 Å². The Morgan fingerprint density at radius 3 is 3.00 bits per heavy atom. The average molecular weight is 182 g/mol. The summed E-state index contributed by atoms with van der Waals surface area (Å²) < 4.78 is 0. The third-order valence-electron chi connectivity index (χ3n) is 2.75. The van der Waals surface area contributed by atoms with Crippen molar-refractivity contribution < 1.29 is 9.59 Å². The van der Waals surface area contributed by atoms with Gasteiger partial charge in [-0.25, -0.2) is 0 Å². The summed E-state index contributed by atoms with van der Waals surface area (Å²) >= 11 is 0. The van der Waals surface area contributed by atoms with Gasteiger partial charge in [0, 0.05) is 12.5 Å². The minimum atomic E-state index is 0.0946. The molecule has 2 rings (SSSR count). The first kappa shape index (κ1) is 8.69. The van der Waals surface area contributed by atoms with Crippen molar-refractivity contribution in [3.05, 3.63) is 0 Å². The Hall–Kier alpha value is -0.900. The number of likely N-dealkylation sites (N-methyl/N-ethyl adjacent to an activating group) is 1. The molecular weight excluding hydrogens is 168 g/mol. The lowest BCUT2D eigenvalue weighted by molar-refractivity contribution is -0.133. The van der Waals surface area contributed by atoms with Crippen LogP contribution in [0.4, 0.5) is 0 Å². The molecule has 1 amide bonds. The molecule has 0 bridgehead atoms. The van der Waals surface area contributed by atoms with Gasteiger partial charge in [-0.2, -0.15) is 0 Å². The summed E-state index contributed by atoms with van der Waals surface area (Å²) in [6.45, 7) is 1.46. The molecule has 1 aliphatic heterocycles. The van der Waals surface area contributed by atoms with Gasteiger partial charge >= 0.3 is 0 Å². The summed E-state index contributed by atoms with van der Waals surface area (Å²) in [6, 6.07) is 0. The molecule has 1 aliphatic carbocycles. The van der Waals surface area contributed by atoms with Crippen molar-refractivity contribution in [1.82, 2.24) is 10.2 Å². The minimum Gasteiger partial charge on any atom is -0.335 e. The van der Waals surface area contributed by atoms with Crippen LogP contribution >= 0.6 is 0 Å². The summed E-state index contributed by atoms with van der Waals surface area (Å²) in [5.74, 6) is 1.11. The molecule has 4 heteroatoms. The Bertz CT molecular complexity index is 252. The van der Waals surface area contributed by atoms with Crippen molar-refractivity contribution in [2.45, 2.75) is 6.42 Å². The van der Waals surface area contributed by atoms with E-state index in [1.165, 1.54) is 0 Å². The van der Waals surface area contributed by atoms with Crippen molar-refractivity contribution in [3.8, 4) is 0 Å². The van der Waals surface area contributed by atoms with Crippen molar-refractivity contribution in [3.63, 3.8) is 0 Å². The topological polar surface area (TPSA) is 49.4 Å². The SMILES string of the molecule is CNCC(=O)CN1CC2CC2C1=O. The first-order chi connectivity index (χ1) is 6.22. The van der Waals surface area contributed by atoms with E-state index < -0.39 is 0 Å².